The van der Waals surface area contributed by atoms with Crippen molar-refractivity contribution in [2.75, 3.05) is 6.54 Å². The van der Waals surface area contributed by atoms with Crippen molar-refractivity contribution in [3.8, 4) is 0 Å². The van der Waals surface area contributed by atoms with Crippen molar-refractivity contribution >= 4 is 29.1 Å². The maximum absolute atomic E-state index is 12.0. The predicted octanol–water partition coefficient (Wildman–Crippen LogP) is 3.15. The summed E-state index contributed by atoms with van der Waals surface area (Å²) in [7, 11) is 0. The van der Waals surface area contributed by atoms with Crippen molar-refractivity contribution in [1.29, 1.82) is 0 Å². The molecule has 112 valence electrons. The molecule has 2 rings (SSSR count). The number of benzene rings is 1. The average Bonchev–Trinajstić information content (AvgIpc) is 2.96. The van der Waals surface area contributed by atoms with Gasteiger partial charge in [-0.05, 0) is 36.8 Å². The van der Waals surface area contributed by atoms with E-state index in [-0.39, 0.29) is 18.9 Å². The number of carbonyl (C=O) groups is 1. The van der Waals surface area contributed by atoms with Gasteiger partial charge in [0.05, 0.1) is 19.2 Å². The summed E-state index contributed by atoms with van der Waals surface area (Å²) in [5.41, 5.74) is -0.709. The SMILES string of the molecule is CC(O)(CNC(=O)Cc1c(Cl)cccc1Cl)c1ccco1. The lowest BCUT2D eigenvalue weighted by atomic mass is 10.0. The van der Waals surface area contributed by atoms with Gasteiger partial charge in [-0.1, -0.05) is 29.3 Å². The second kappa shape index (κ2) is 6.52. The molecule has 1 atom stereocenters. The van der Waals surface area contributed by atoms with E-state index in [9.17, 15) is 9.90 Å². The highest BCUT2D eigenvalue weighted by atomic mass is 35.5. The van der Waals surface area contributed by atoms with Gasteiger partial charge in [-0.25, -0.2) is 0 Å². The summed E-state index contributed by atoms with van der Waals surface area (Å²) in [6.07, 6.45) is 1.52. The minimum Gasteiger partial charge on any atom is -0.466 e. The first-order valence-corrected chi connectivity index (χ1v) is 7.12. The van der Waals surface area contributed by atoms with Crippen LogP contribution in [0.2, 0.25) is 10.0 Å². The number of rotatable bonds is 5. The Hall–Kier alpha value is -1.49. The molecule has 0 aliphatic heterocycles. The van der Waals surface area contributed by atoms with Crippen LogP contribution < -0.4 is 5.32 Å². The maximum atomic E-state index is 12.0. The minimum atomic E-state index is -1.27. The van der Waals surface area contributed by atoms with Gasteiger partial charge in [0, 0.05) is 10.0 Å². The zero-order valence-electron chi connectivity index (χ0n) is 11.4. The zero-order valence-corrected chi connectivity index (χ0v) is 12.9. The van der Waals surface area contributed by atoms with E-state index < -0.39 is 5.60 Å². The van der Waals surface area contributed by atoms with Crippen LogP contribution in [0.1, 0.15) is 18.2 Å². The highest BCUT2D eigenvalue weighted by Gasteiger charge is 2.26. The molecule has 1 heterocycles. The number of amides is 1. The predicted molar refractivity (Wildman–Crippen MR) is 81.5 cm³/mol. The highest BCUT2D eigenvalue weighted by molar-refractivity contribution is 6.36. The van der Waals surface area contributed by atoms with E-state index in [0.29, 0.717) is 21.4 Å². The van der Waals surface area contributed by atoms with Gasteiger partial charge in [-0.3, -0.25) is 4.79 Å². The summed E-state index contributed by atoms with van der Waals surface area (Å²) >= 11 is 12.0. The fourth-order valence-electron chi connectivity index (χ4n) is 1.87. The Morgan fingerprint density at radius 3 is 2.52 bits per heavy atom. The zero-order chi connectivity index (χ0) is 15.5. The Morgan fingerprint density at radius 2 is 1.95 bits per heavy atom. The van der Waals surface area contributed by atoms with Crippen LogP contribution in [0.3, 0.4) is 0 Å². The molecule has 0 bridgehead atoms. The standard InChI is InChI=1S/C15H15Cl2NO3/c1-15(20,13-6-3-7-21-13)9-18-14(19)8-10-11(16)4-2-5-12(10)17/h2-7,20H,8-9H2,1H3,(H,18,19). The van der Waals surface area contributed by atoms with Crippen LogP contribution in [0.25, 0.3) is 0 Å². The Kier molecular flexibility index (Phi) is 4.93. The van der Waals surface area contributed by atoms with Crippen molar-refractivity contribution in [2.24, 2.45) is 0 Å². The fourth-order valence-corrected chi connectivity index (χ4v) is 2.40. The van der Waals surface area contributed by atoms with E-state index in [4.69, 9.17) is 27.6 Å². The van der Waals surface area contributed by atoms with Gasteiger partial charge in [-0.15, -0.1) is 0 Å². The smallest absolute Gasteiger partial charge is 0.224 e. The number of hydrogen-bond acceptors (Lipinski definition) is 3. The summed E-state index contributed by atoms with van der Waals surface area (Å²) in [5, 5.41) is 13.8. The molecule has 0 aliphatic carbocycles. The van der Waals surface area contributed by atoms with Crippen LogP contribution in [-0.4, -0.2) is 17.6 Å². The molecule has 4 nitrogen and oxygen atoms in total. The van der Waals surface area contributed by atoms with Crippen molar-refractivity contribution in [2.45, 2.75) is 18.9 Å². The molecule has 0 fully saturated rings. The number of nitrogens with one attached hydrogen (secondary N) is 1. The molecular weight excluding hydrogens is 313 g/mol. The van der Waals surface area contributed by atoms with Gasteiger partial charge < -0.3 is 14.8 Å². The molecule has 21 heavy (non-hydrogen) atoms. The van der Waals surface area contributed by atoms with Crippen molar-refractivity contribution in [3.63, 3.8) is 0 Å². The largest absolute Gasteiger partial charge is 0.466 e. The van der Waals surface area contributed by atoms with E-state index in [2.05, 4.69) is 5.32 Å². The van der Waals surface area contributed by atoms with Gasteiger partial charge in [0.25, 0.3) is 0 Å². The first-order chi connectivity index (χ1) is 9.90. The van der Waals surface area contributed by atoms with Crippen LogP contribution in [0.4, 0.5) is 0 Å². The van der Waals surface area contributed by atoms with Crippen LogP contribution >= 0.6 is 23.2 Å². The number of furan rings is 1. The molecule has 1 aromatic carbocycles. The lowest BCUT2D eigenvalue weighted by Gasteiger charge is -2.21. The van der Waals surface area contributed by atoms with Crippen LogP contribution in [0.15, 0.2) is 41.0 Å². The quantitative estimate of drug-likeness (QED) is 0.886. The van der Waals surface area contributed by atoms with Crippen molar-refractivity contribution < 1.29 is 14.3 Å². The van der Waals surface area contributed by atoms with Gasteiger partial charge >= 0.3 is 0 Å². The van der Waals surface area contributed by atoms with Crippen LogP contribution in [-0.2, 0) is 16.8 Å². The van der Waals surface area contributed by atoms with Crippen molar-refractivity contribution in [1.82, 2.24) is 5.32 Å². The van der Waals surface area contributed by atoms with E-state index >= 15 is 0 Å². The Labute approximate surface area is 132 Å². The van der Waals surface area contributed by atoms with Gasteiger partial charge in [-0.2, -0.15) is 0 Å². The van der Waals surface area contributed by atoms with Crippen LogP contribution in [0.5, 0.6) is 0 Å². The average molecular weight is 328 g/mol. The Morgan fingerprint density at radius 1 is 1.29 bits per heavy atom. The van der Waals surface area contributed by atoms with Gasteiger partial charge in [0.1, 0.15) is 11.4 Å². The Bertz CT molecular complexity index is 604. The lowest BCUT2D eigenvalue weighted by molar-refractivity contribution is -0.121. The molecule has 6 heteroatoms. The minimum absolute atomic E-state index is 0.0292. The lowest BCUT2D eigenvalue weighted by Crippen LogP contribution is -2.39. The molecule has 1 amide bonds. The highest BCUT2D eigenvalue weighted by Crippen LogP contribution is 2.25. The molecule has 1 unspecified atom stereocenters. The van der Waals surface area contributed by atoms with Crippen molar-refractivity contribution in [3.05, 3.63) is 58.0 Å². The summed E-state index contributed by atoms with van der Waals surface area (Å²) < 4.78 is 5.14. The third-order valence-electron chi connectivity index (χ3n) is 3.08. The molecule has 0 spiro atoms. The number of halogens is 2. The summed E-state index contributed by atoms with van der Waals surface area (Å²) in [6.45, 7) is 1.59. The van der Waals surface area contributed by atoms with E-state index in [1.807, 2.05) is 0 Å². The van der Waals surface area contributed by atoms with E-state index in [1.54, 1.807) is 37.3 Å². The number of carbonyl (C=O) groups excluding carboxylic acids is 1. The third kappa shape index (κ3) is 4.00. The summed E-state index contributed by atoms with van der Waals surface area (Å²) in [4.78, 5) is 12.0. The van der Waals surface area contributed by atoms with E-state index in [0.717, 1.165) is 0 Å². The monoisotopic (exact) mass is 327 g/mol. The first-order valence-electron chi connectivity index (χ1n) is 6.36. The molecular formula is C15H15Cl2NO3. The fraction of sp³-hybridized carbons (Fsp3) is 0.267. The molecule has 0 aliphatic rings. The first kappa shape index (κ1) is 15.9. The Balaban J connectivity index is 1.97. The van der Waals surface area contributed by atoms with Gasteiger partial charge in [0.15, 0.2) is 0 Å². The topological polar surface area (TPSA) is 62.5 Å². The molecule has 0 radical (unpaired) electrons. The normalized spacial score (nSPS) is 13.7. The maximum Gasteiger partial charge on any atom is 0.224 e. The second-order valence-corrected chi connectivity index (χ2v) is 5.72. The number of hydrogen-bond donors (Lipinski definition) is 2. The molecule has 2 N–H and O–H groups in total. The summed E-state index contributed by atoms with van der Waals surface area (Å²) in [5.74, 6) is 0.107. The summed E-state index contributed by atoms with van der Waals surface area (Å²) in [6, 6.07) is 8.39. The molecule has 1 aromatic heterocycles. The van der Waals surface area contributed by atoms with Gasteiger partial charge in [0.2, 0.25) is 5.91 Å². The number of aliphatic hydroxyl groups is 1. The molecule has 0 saturated carbocycles. The second-order valence-electron chi connectivity index (χ2n) is 4.90. The molecule has 2 aromatic rings. The third-order valence-corrected chi connectivity index (χ3v) is 3.79. The van der Waals surface area contributed by atoms with E-state index in [1.165, 1.54) is 6.26 Å². The molecule has 0 saturated heterocycles. The van der Waals surface area contributed by atoms with Crippen LogP contribution in [0, 0.1) is 0 Å².